The van der Waals surface area contributed by atoms with Crippen molar-refractivity contribution >= 4 is 39.2 Å². The average molecular weight is 388 g/mol. The first-order chi connectivity index (χ1) is 13.5. The monoisotopic (exact) mass is 388 g/mol. The molecule has 0 aliphatic heterocycles. The van der Waals surface area contributed by atoms with Gasteiger partial charge >= 0.3 is 0 Å². The highest BCUT2D eigenvalue weighted by Crippen LogP contribution is 2.29. The van der Waals surface area contributed by atoms with Crippen molar-refractivity contribution in [3.05, 3.63) is 92.6 Å². The Hall–Kier alpha value is -3.58. The van der Waals surface area contributed by atoms with E-state index in [1.807, 2.05) is 48.5 Å². The van der Waals surface area contributed by atoms with Crippen molar-refractivity contribution in [1.82, 2.24) is 15.0 Å². The van der Waals surface area contributed by atoms with Crippen LogP contribution in [0.5, 0.6) is 0 Å². The number of carbonyl (C=O) groups is 1. The summed E-state index contributed by atoms with van der Waals surface area (Å²) < 4.78 is 0. The van der Waals surface area contributed by atoms with Crippen molar-refractivity contribution in [3.8, 4) is 0 Å². The van der Waals surface area contributed by atoms with E-state index in [0.29, 0.717) is 21.8 Å². The van der Waals surface area contributed by atoms with Gasteiger partial charge in [0.2, 0.25) is 0 Å². The van der Waals surface area contributed by atoms with Crippen molar-refractivity contribution in [2.75, 3.05) is 0 Å². The lowest BCUT2D eigenvalue weighted by Crippen LogP contribution is -2.21. The molecule has 1 aromatic carbocycles. The molecule has 6 nitrogen and oxygen atoms in total. The van der Waals surface area contributed by atoms with Gasteiger partial charge in [0.15, 0.2) is 0 Å². The molecule has 0 amide bonds. The molecule has 0 bridgehead atoms. The molecular formula is C21H14N3O3S-. The molecule has 28 heavy (non-hydrogen) atoms. The molecule has 3 heterocycles. The van der Waals surface area contributed by atoms with Crippen LogP contribution in [0, 0.1) is 6.92 Å². The Bertz CT molecular complexity index is 1260. The van der Waals surface area contributed by atoms with Crippen molar-refractivity contribution in [3.63, 3.8) is 0 Å². The molecule has 0 radical (unpaired) electrons. The number of fused-ring (bicyclic) bond motifs is 1. The third-order valence-corrected chi connectivity index (χ3v) is 5.49. The first-order valence-corrected chi connectivity index (χ1v) is 9.28. The standard InChI is InChI=1S/C21H15N3O3S/c1-12-16-19(25)23-18(24-20(16)28-17(12)21(26)27)15(14-7-3-2-4-8-14)10-13-6-5-9-22-11-13/h2-11H,1H3,(H,26,27)(H,23,24,25)/p-1/b15-10-. The molecule has 0 saturated heterocycles. The van der Waals surface area contributed by atoms with Crippen molar-refractivity contribution in [2.24, 2.45) is 0 Å². The number of carbonyl (C=O) groups excluding carboxylic acids is 1. The Kier molecular flexibility index (Phi) is 4.58. The number of nitrogens with one attached hydrogen (secondary N) is 1. The van der Waals surface area contributed by atoms with E-state index in [-0.39, 0.29) is 15.8 Å². The number of aromatic carboxylic acids is 1. The summed E-state index contributed by atoms with van der Waals surface area (Å²) in [6, 6.07) is 13.2. The summed E-state index contributed by atoms with van der Waals surface area (Å²) in [4.78, 5) is 35.9. The number of carboxylic acid groups (broad SMARTS) is 1. The van der Waals surface area contributed by atoms with Crippen LogP contribution < -0.4 is 10.7 Å². The zero-order valence-electron chi connectivity index (χ0n) is 14.8. The summed E-state index contributed by atoms with van der Waals surface area (Å²) >= 11 is 0.947. The van der Waals surface area contributed by atoms with Crippen LogP contribution in [0.3, 0.4) is 0 Å². The summed E-state index contributed by atoms with van der Waals surface area (Å²) in [6.45, 7) is 1.59. The van der Waals surface area contributed by atoms with Crippen LogP contribution in [0.15, 0.2) is 59.7 Å². The molecule has 0 aliphatic carbocycles. The van der Waals surface area contributed by atoms with Crippen LogP contribution >= 0.6 is 11.3 Å². The smallest absolute Gasteiger partial charge is 0.260 e. The summed E-state index contributed by atoms with van der Waals surface area (Å²) in [5, 5.41) is 11.6. The van der Waals surface area contributed by atoms with Crippen LogP contribution in [0.1, 0.15) is 32.2 Å². The van der Waals surface area contributed by atoms with Gasteiger partial charge in [0.05, 0.1) is 16.2 Å². The van der Waals surface area contributed by atoms with Crippen molar-refractivity contribution in [2.45, 2.75) is 6.92 Å². The first-order valence-electron chi connectivity index (χ1n) is 8.47. The van der Waals surface area contributed by atoms with E-state index >= 15 is 0 Å². The second-order valence-corrected chi connectivity index (χ2v) is 7.15. The number of hydrogen-bond acceptors (Lipinski definition) is 6. The van der Waals surface area contributed by atoms with E-state index in [9.17, 15) is 14.7 Å². The normalized spacial score (nSPS) is 11.7. The van der Waals surface area contributed by atoms with Crippen LogP contribution in [-0.4, -0.2) is 20.9 Å². The summed E-state index contributed by atoms with van der Waals surface area (Å²) in [6.07, 6.45) is 5.28. The number of hydrogen-bond donors (Lipinski definition) is 1. The minimum absolute atomic E-state index is 0.0163. The van der Waals surface area contributed by atoms with Gasteiger partial charge in [0, 0.05) is 18.0 Å². The predicted molar refractivity (Wildman–Crippen MR) is 107 cm³/mol. The van der Waals surface area contributed by atoms with Gasteiger partial charge in [-0.1, -0.05) is 36.4 Å². The molecule has 0 fully saturated rings. The predicted octanol–water partition coefficient (Wildman–Crippen LogP) is 2.64. The second-order valence-electron chi connectivity index (χ2n) is 6.15. The topological polar surface area (TPSA) is 98.8 Å². The summed E-state index contributed by atoms with van der Waals surface area (Å²) in [5.41, 5.74) is 2.41. The van der Waals surface area contributed by atoms with Gasteiger partial charge < -0.3 is 14.9 Å². The molecule has 3 aromatic heterocycles. The van der Waals surface area contributed by atoms with Crippen LogP contribution in [0.25, 0.3) is 21.9 Å². The SMILES string of the molecule is Cc1c(C(=O)[O-])sc2nc(/C(=C\c3cccnc3)c3ccccc3)[nH]c(=O)c12. The number of benzene rings is 1. The Labute approximate surface area is 163 Å². The second kappa shape index (κ2) is 7.21. The van der Waals surface area contributed by atoms with Crippen LogP contribution in [0.2, 0.25) is 0 Å². The van der Waals surface area contributed by atoms with Crippen molar-refractivity contribution < 1.29 is 9.90 Å². The van der Waals surface area contributed by atoms with Crippen molar-refractivity contribution in [1.29, 1.82) is 0 Å². The maximum Gasteiger partial charge on any atom is 0.260 e. The summed E-state index contributed by atoms with van der Waals surface area (Å²) in [5.74, 6) is -0.950. The Balaban J connectivity index is 1.97. The molecule has 0 unspecified atom stereocenters. The minimum Gasteiger partial charge on any atom is -0.544 e. The Morgan fingerprint density at radius 2 is 1.96 bits per heavy atom. The lowest BCUT2D eigenvalue weighted by atomic mass is 10.0. The Morgan fingerprint density at radius 1 is 1.18 bits per heavy atom. The highest BCUT2D eigenvalue weighted by atomic mass is 32.1. The van der Waals surface area contributed by atoms with Gasteiger partial charge in [0.1, 0.15) is 10.7 Å². The van der Waals surface area contributed by atoms with Gasteiger partial charge in [0.25, 0.3) is 5.56 Å². The van der Waals surface area contributed by atoms with Gasteiger partial charge in [-0.15, -0.1) is 11.3 Å². The van der Waals surface area contributed by atoms with Gasteiger partial charge in [-0.3, -0.25) is 9.78 Å². The third kappa shape index (κ3) is 3.23. The number of aromatic nitrogens is 3. The fraction of sp³-hybridized carbons (Fsp3) is 0.0476. The van der Waals surface area contributed by atoms with E-state index in [2.05, 4.69) is 15.0 Å². The van der Waals surface area contributed by atoms with Gasteiger partial charge in [-0.2, -0.15) is 0 Å². The highest BCUT2D eigenvalue weighted by molar-refractivity contribution is 7.20. The molecule has 0 aliphatic rings. The molecule has 1 N–H and O–H groups in total. The number of aryl methyl sites for hydroxylation is 1. The van der Waals surface area contributed by atoms with E-state index < -0.39 is 5.97 Å². The lowest BCUT2D eigenvalue weighted by molar-refractivity contribution is -0.254. The van der Waals surface area contributed by atoms with E-state index in [1.54, 1.807) is 19.3 Å². The largest absolute Gasteiger partial charge is 0.544 e. The maximum atomic E-state index is 12.7. The molecular weight excluding hydrogens is 374 g/mol. The molecule has 138 valence electrons. The zero-order valence-corrected chi connectivity index (χ0v) is 15.6. The number of pyridine rings is 1. The average Bonchev–Trinajstić information content (AvgIpc) is 3.05. The number of thiophene rings is 1. The van der Waals surface area contributed by atoms with E-state index in [1.165, 1.54) is 0 Å². The number of H-pyrrole nitrogens is 1. The van der Waals surface area contributed by atoms with Crippen LogP contribution in [0.4, 0.5) is 0 Å². The number of nitrogens with zero attached hydrogens (tertiary/aromatic N) is 2. The van der Waals surface area contributed by atoms with E-state index in [4.69, 9.17) is 0 Å². The van der Waals surface area contributed by atoms with Crippen LogP contribution in [-0.2, 0) is 0 Å². The number of carboxylic acids is 1. The quantitative estimate of drug-likeness (QED) is 0.579. The Morgan fingerprint density at radius 3 is 2.64 bits per heavy atom. The van der Waals surface area contributed by atoms with Gasteiger partial charge in [-0.05, 0) is 35.8 Å². The fourth-order valence-corrected chi connectivity index (χ4v) is 4.02. The maximum absolute atomic E-state index is 12.7. The third-order valence-electron chi connectivity index (χ3n) is 4.32. The minimum atomic E-state index is -1.31. The first kappa shape index (κ1) is 17.8. The van der Waals surface area contributed by atoms with E-state index in [0.717, 1.165) is 22.5 Å². The number of rotatable bonds is 4. The van der Waals surface area contributed by atoms with Gasteiger partial charge in [-0.25, -0.2) is 4.98 Å². The molecule has 0 saturated carbocycles. The zero-order chi connectivity index (χ0) is 19.7. The molecule has 4 rings (SSSR count). The highest BCUT2D eigenvalue weighted by Gasteiger charge is 2.17. The fourth-order valence-electron chi connectivity index (χ4n) is 3.00. The lowest BCUT2D eigenvalue weighted by Gasteiger charge is -2.08. The molecule has 0 spiro atoms. The molecule has 0 atom stereocenters. The number of aromatic amines is 1. The molecule has 4 aromatic rings. The summed E-state index contributed by atoms with van der Waals surface area (Å²) in [7, 11) is 0. The molecule has 7 heteroatoms.